The van der Waals surface area contributed by atoms with Crippen molar-refractivity contribution in [2.45, 2.75) is 130 Å². The minimum Gasteiger partial charge on any atom is -0.350 e. The van der Waals surface area contributed by atoms with Crippen molar-refractivity contribution in [2.75, 3.05) is 27.2 Å². The molecule has 0 bridgehead atoms. The van der Waals surface area contributed by atoms with E-state index in [1.165, 1.54) is 21.9 Å². The third-order valence-corrected chi connectivity index (χ3v) is 13.2. The van der Waals surface area contributed by atoms with Gasteiger partial charge in [-0.05, 0) is 80.8 Å². The van der Waals surface area contributed by atoms with Crippen LogP contribution in [0.2, 0.25) is 0 Å². The van der Waals surface area contributed by atoms with Gasteiger partial charge in [-0.3, -0.25) is 38.4 Å². The topological polar surface area (TPSA) is 227 Å². The lowest BCUT2D eigenvalue weighted by Crippen LogP contribution is -2.59. The van der Waals surface area contributed by atoms with Crippen molar-refractivity contribution in [2.24, 2.45) is 16.7 Å². The predicted octanol–water partition coefficient (Wildman–Crippen LogP) is 3.09. The van der Waals surface area contributed by atoms with Crippen LogP contribution in [0.4, 0.5) is 0 Å². The summed E-state index contributed by atoms with van der Waals surface area (Å²) >= 11 is 0. The van der Waals surface area contributed by atoms with E-state index in [1.54, 1.807) is 40.1 Å². The van der Waals surface area contributed by atoms with Crippen molar-refractivity contribution in [3.05, 3.63) is 107 Å². The van der Waals surface area contributed by atoms with Gasteiger partial charge in [0, 0.05) is 49.8 Å². The molecular formula is C53H73N9O8. The van der Waals surface area contributed by atoms with Crippen LogP contribution in [0.5, 0.6) is 0 Å². The molecule has 2 aliphatic heterocycles. The molecule has 0 aromatic heterocycles. The summed E-state index contributed by atoms with van der Waals surface area (Å²) in [6.45, 7) is 15.0. The van der Waals surface area contributed by atoms with Gasteiger partial charge in [0.2, 0.25) is 35.4 Å². The Balaban J connectivity index is 1.29. The number of ketones is 1. The maximum absolute atomic E-state index is 14.4. The summed E-state index contributed by atoms with van der Waals surface area (Å²) in [5, 5.41) is 20.4. The lowest BCUT2D eigenvalue weighted by Gasteiger charge is -2.36. The normalized spacial score (nSPS) is 19.8. The number of Topliss-reactive ketones (excluding diaryl/α,β-unsaturated/α-hetero) is 1. The molecule has 3 aromatic carbocycles. The maximum Gasteiger partial charge on any atom is 0.251 e. The summed E-state index contributed by atoms with van der Waals surface area (Å²) in [5.41, 5.74) is 0.913. The Labute approximate surface area is 412 Å². The number of nitrogens with zero attached hydrogens (tertiary/aromatic N) is 2. The number of benzene rings is 3. The van der Waals surface area contributed by atoms with Crippen LogP contribution < -0.4 is 37.2 Å². The zero-order chi connectivity index (χ0) is 51.5. The highest BCUT2D eigenvalue weighted by atomic mass is 16.2. The first-order chi connectivity index (χ1) is 33.0. The van der Waals surface area contributed by atoms with Gasteiger partial charge in [0.05, 0.1) is 12.1 Å². The first kappa shape index (κ1) is 54.5. The predicted molar refractivity (Wildman–Crippen MR) is 267 cm³/mol. The Morgan fingerprint density at radius 2 is 0.986 bits per heavy atom. The molecule has 17 heteroatoms. The largest absolute Gasteiger partial charge is 0.350 e. The monoisotopic (exact) mass is 964 g/mol. The van der Waals surface area contributed by atoms with Crippen LogP contribution in [-0.2, 0) is 41.9 Å². The summed E-state index contributed by atoms with van der Waals surface area (Å²) in [6.07, 6.45) is 0.363. The fourth-order valence-electron chi connectivity index (χ4n) is 8.68. The molecule has 70 heavy (non-hydrogen) atoms. The van der Waals surface area contributed by atoms with Crippen LogP contribution in [0.3, 0.4) is 0 Å². The minimum absolute atomic E-state index is 0.0126. The molecule has 7 amide bonds. The molecule has 3 aromatic rings. The van der Waals surface area contributed by atoms with Crippen molar-refractivity contribution in [3.63, 3.8) is 0 Å². The van der Waals surface area contributed by atoms with Crippen LogP contribution in [0.1, 0.15) is 106 Å². The molecule has 17 nitrogen and oxygen atoms in total. The smallest absolute Gasteiger partial charge is 0.251 e. The minimum atomic E-state index is -0.976. The molecule has 8 atom stereocenters. The SMILES string of the molecule is CN[C@@H](C)C(=O)N[C@H](C(=O)N1C[C@@H](CC(=O)c2ccc(C(=O)N[C@H]3C[C@@H](C(=O)NCc4ccccc4)N(C(=O)[C@@H](NC(=O)[C@H](C)NC)C(C)(C)C)C3)cc2)C[C@H]1C(=O)NCc1ccccc1)C(C)(C)C. The number of carbonyl (C=O) groups is 8. The third kappa shape index (κ3) is 14.3. The highest BCUT2D eigenvalue weighted by Crippen LogP contribution is 2.32. The van der Waals surface area contributed by atoms with E-state index in [0.29, 0.717) is 5.56 Å². The molecule has 2 heterocycles. The number of hydrogen-bond donors (Lipinski definition) is 7. The van der Waals surface area contributed by atoms with Gasteiger partial charge in [0.1, 0.15) is 24.2 Å². The average molecular weight is 964 g/mol. The van der Waals surface area contributed by atoms with E-state index in [1.807, 2.05) is 102 Å². The van der Waals surface area contributed by atoms with Crippen LogP contribution >= 0.6 is 0 Å². The fourth-order valence-corrected chi connectivity index (χ4v) is 8.68. The van der Waals surface area contributed by atoms with Crippen molar-refractivity contribution < 1.29 is 38.4 Å². The lowest BCUT2D eigenvalue weighted by atomic mass is 9.85. The number of nitrogens with one attached hydrogen (secondary N) is 7. The molecule has 0 unspecified atom stereocenters. The molecule has 7 N–H and O–H groups in total. The van der Waals surface area contributed by atoms with Gasteiger partial charge >= 0.3 is 0 Å². The molecule has 0 aliphatic carbocycles. The molecule has 5 rings (SSSR count). The van der Waals surface area contributed by atoms with E-state index < -0.39 is 76.8 Å². The fraction of sp³-hybridized carbons (Fsp3) is 0.509. The number of rotatable bonds is 19. The summed E-state index contributed by atoms with van der Waals surface area (Å²) in [6, 6.07) is 19.4. The highest BCUT2D eigenvalue weighted by molar-refractivity contribution is 6.00. The van der Waals surface area contributed by atoms with Gasteiger partial charge in [0.25, 0.3) is 5.91 Å². The quantitative estimate of drug-likeness (QED) is 0.0870. The summed E-state index contributed by atoms with van der Waals surface area (Å²) in [7, 11) is 3.29. The molecular weight excluding hydrogens is 891 g/mol. The van der Waals surface area contributed by atoms with E-state index >= 15 is 0 Å². The van der Waals surface area contributed by atoms with Crippen molar-refractivity contribution >= 4 is 47.1 Å². The second-order valence-electron chi connectivity index (χ2n) is 20.8. The number of amides is 7. The molecule has 378 valence electrons. The Bertz CT molecular complexity index is 2170. The summed E-state index contributed by atoms with van der Waals surface area (Å²) in [4.78, 5) is 113. The molecule has 2 saturated heterocycles. The molecule has 2 aliphatic rings. The third-order valence-electron chi connectivity index (χ3n) is 13.2. The number of hydrogen-bond acceptors (Lipinski definition) is 10. The van der Waals surface area contributed by atoms with Gasteiger partial charge in [-0.2, -0.15) is 0 Å². The number of likely N-dealkylation sites (tertiary alicyclic amines) is 2. The highest BCUT2D eigenvalue weighted by Gasteiger charge is 2.47. The molecule has 0 radical (unpaired) electrons. The van der Waals surface area contributed by atoms with Crippen LogP contribution in [0.15, 0.2) is 84.9 Å². The van der Waals surface area contributed by atoms with E-state index in [9.17, 15) is 38.4 Å². The Morgan fingerprint density at radius 3 is 1.41 bits per heavy atom. The van der Waals surface area contributed by atoms with E-state index in [2.05, 4.69) is 37.2 Å². The van der Waals surface area contributed by atoms with Gasteiger partial charge in [-0.1, -0.05) is 114 Å². The van der Waals surface area contributed by atoms with Gasteiger partial charge in [0.15, 0.2) is 5.78 Å². The zero-order valence-corrected chi connectivity index (χ0v) is 42.3. The molecule has 2 fully saturated rings. The average Bonchev–Trinajstić information content (AvgIpc) is 3.97. The van der Waals surface area contributed by atoms with Crippen molar-refractivity contribution in [3.8, 4) is 0 Å². The Hall–Kier alpha value is -6.46. The Morgan fingerprint density at radius 1 is 0.571 bits per heavy atom. The van der Waals surface area contributed by atoms with Crippen LogP contribution in [-0.4, -0.2) is 126 Å². The van der Waals surface area contributed by atoms with Gasteiger partial charge in [-0.25, -0.2) is 0 Å². The zero-order valence-electron chi connectivity index (χ0n) is 42.3. The maximum atomic E-state index is 14.4. The molecule has 0 saturated carbocycles. The van der Waals surface area contributed by atoms with E-state index in [-0.39, 0.29) is 80.4 Å². The standard InChI is InChI=1S/C53H73N9O8/c1-32(54-9)45(64)59-43(52(3,4)5)50(69)61-30-36(25-40(61)48(67)56-28-34-17-13-11-14-18-34)26-42(63)37-21-23-38(24-22-37)47(66)58-39-27-41(49(68)57-29-35-19-15-12-16-20-35)62(31-39)51(70)44(53(6,7)8)60-46(65)33(2)55-10/h11-24,32-33,36,39-41,43-44,54-55H,25-31H2,1-10H3,(H,56,67)(H,57,68)(H,58,66)(H,59,64)(H,60,65)/t32-,33-,36+,39-,40-,41-,43+,44+/m0/s1. The second kappa shape index (κ2) is 23.9. The first-order valence-electron chi connectivity index (χ1n) is 24.2. The molecule has 0 spiro atoms. The number of carbonyl (C=O) groups excluding carboxylic acids is 8. The van der Waals surface area contributed by atoms with Crippen molar-refractivity contribution in [1.82, 2.24) is 47.0 Å². The van der Waals surface area contributed by atoms with Crippen molar-refractivity contribution in [1.29, 1.82) is 0 Å². The van der Waals surface area contributed by atoms with Crippen LogP contribution in [0.25, 0.3) is 0 Å². The van der Waals surface area contributed by atoms with Gasteiger partial charge in [-0.15, -0.1) is 0 Å². The Kier molecular flexibility index (Phi) is 18.6. The summed E-state index contributed by atoms with van der Waals surface area (Å²) < 4.78 is 0. The van der Waals surface area contributed by atoms with Gasteiger partial charge < -0.3 is 47.0 Å². The lowest BCUT2D eigenvalue weighted by molar-refractivity contribution is -0.144. The first-order valence-corrected chi connectivity index (χ1v) is 24.2. The van der Waals surface area contributed by atoms with E-state index in [0.717, 1.165) is 11.1 Å². The van der Waals surface area contributed by atoms with Crippen LogP contribution in [0, 0.1) is 16.7 Å². The summed E-state index contributed by atoms with van der Waals surface area (Å²) in [5.74, 6) is -3.44. The van der Waals surface area contributed by atoms with E-state index in [4.69, 9.17) is 0 Å². The second-order valence-corrected chi connectivity index (χ2v) is 20.8. The number of likely N-dealkylation sites (N-methyl/N-ethyl adjacent to an activating group) is 2.